The average Bonchev–Trinajstić information content (AvgIpc) is 3.41. The van der Waals surface area contributed by atoms with Crippen LogP contribution in [0, 0.1) is 12.8 Å². The van der Waals surface area contributed by atoms with Crippen LogP contribution in [0.15, 0.2) is 53.7 Å². The standard InChI is InChI=1S/C25H27F3N6O2/c1-16-5-4-8-31(12-16)13-18-9-21(25(26,27)28)22-15-32(24(36)33(22)14-18)20-7-3-6-19(10-20)23(35)34-17(2)11-29-30-34/h3,6-7,9-11,14-16,23,35H,4-5,8,12-13H2,1-2H3/t16-,23-/m0/s1. The highest BCUT2D eigenvalue weighted by atomic mass is 19.4. The highest BCUT2D eigenvalue weighted by Crippen LogP contribution is 2.34. The van der Waals surface area contributed by atoms with Gasteiger partial charge < -0.3 is 5.11 Å². The van der Waals surface area contributed by atoms with Gasteiger partial charge in [0.25, 0.3) is 0 Å². The Balaban J connectivity index is 1.57. The van der Waals surface area contributed by atoms with Gasteiger partial charge in [-0.2, -0.15) is 13.2 Å². The quantitative estimate of drug-likeness (QED) is 0.451. The molecule has 1 aliphatic rings. The number of aromatic nitrogens is 5. The molecule has 0 unspecified atom stereocenters. The summed E-state index contributed by atoms with van der Waals surface area (Å²) in [6, 6.07) is 7.58. The molecule has 0 radical (unpaired) electrons. The first-order chi connectivity index (χ1) is 17.1. The van der Waals surface area contributed by atoms with Crippen molar-refractivity contribution in [1.82, 2.24) is 28.9 Å². The second kappa shape index (κ2) is 9.21. The smallest absolute Gasteiger partial charge is 0.368 e. The molecule has 190 valence electrons. The van der Waals surface area contributed by atoms with Crippen LogP contribution in [0.25, 0.3) is 11.2 Å². The molecule has 4 aromatic rings. The molecule has 4 heterocycles. The number of nitrogens with zero attached hydrogens (tertiary/aromatic N) is 6. The van der Waals surface area contributed by atoms with E-state index in [0.29, 0.717) is 35.0 Å². The molecular formula is C25H27F3N6O2. The summed E-state index contributed by atoms with van der Waals surface area (Å²) in [6.07, 6.45) is 0.517. The van der Waals surface area contributed by atoms with Crippen molar-refractivity contribution in [2.24, 2.45) is 5.92 Å². The maximum atomic E-state index is 14.1. The van der Waals surface area contributed by atoms with Gasteiger partial charge in [-0.05, 0) is 56.0 Å². The predicted octanol–water partition coefficient (Wildman–Crippen LogP) is 3.78. The largest absolute Gasteiger partial charge is 0.418 e. The zero-order valence-electron chi connectivity index (χ0n) is 20.0. The molecule has 0 saturated carbocycles. The van der Waals surface area contributed by atoms with Gasteiger partial charge in [0.2, 0.25) is 0 Å². The molecule has 1 fully saturated rings. The zero-order chi connectivity index (χ0) is 25.6. The average molecular weight is 501 g/mol. The lowest BCUT2D eigenvalue weighted by Gasteiger charge is -2.31. The molecule has 1 aromatic carbocycles. The Bertz CT molecular complexity index is 1450. The van der Waals surface area contributed by atoms with Gasteiger partial charge in [0.05, 0.1) is 28.7 Å². The van der Waals surface area contributed by atoms with E-state index in [9.17, 15) is 23.1 Å². The topological polar surface area (TPSA) is 80.6 Å². The van der Waals surface area contributed by atoms with Crippen LogP contribution in [0.5, 0.6) is 0 Å². The number of rotatable bonds is 5. The maximum absolute atomic E-state index is 14.1. The Labute approximate surface area is 205 Å². The van der Waals surface area contributed by atoms with Gasteiger partial charge in [0.15, 0.2) is 6.23 Å². The van der Waals surface area contributed by atoms with E-state index in [1.807, 2.05) is 0 Å². The lowest BCUT2D eigenvalue weighted by molar-refractivity contribution is -0.136. The monoisotopic (exact) mass is 500 g/mol. The normalized spacial score (nSPS) is 18.1. The fraction of sp³-hybridized carbons (Fsp3) is 0.400. The van der Waals surface area contributed by atoms with Crippen molar-refractivity contribution >= 4 is 5.52 Å². The molecule has 0 amide bonds. The van der Waals surface area contributed by atoms with Gasteiger partial charge in [-0.25, -0.2) is 9.48 Å². The Morgan fingerprint density at radius 1 is 1.22 bits per heavy atom. The Morgan fingerprint density at radius 3 is 2.72 bits per heavy atom. The number of pyridine rings is 1. The lowest BCUT2D eigenvalue weighted by atomic mass is 10.00. The van der Waals surface area contributed by atoms with Crippen LogP contribution in [-0.2, 0) is 12.7 Å². The molecule has 0 spiro atoms. The minimum absolute atomic E-state index is 0.221. The number of alkyl halides is 3. The summed E-state index contributed by atoms with van der Waals surface area (Å²) in [5, 5.41) is 18.3. The van der Waals surface area contributed by atoms with Crippen LogP contribution in [0.2, 0.25) is 0 Å². The molecule has 3 aromatic heterocycles. The van der Waals surface area contributed by atoms with E-state index in [-0.39, 0.29) is 5.52 Å². The molecule has 36 heavy (non-hydrogen) atoms. The summed E-state index contributed by atoms with van der Waals surface area (Å²) in [4.78, 5) is 15.5. The third-order valence-corrected chi connectivity index (χ3v) is 6.71. The number of benzene rings is 1. The lowest BCUT2D eigenvalue weighted by Crippen LogP contribution is -2.34. The molecule has 11 heteroatoms. The van der Waals surface area contributed by atoms with Crippen molar-refractivity contribution in [1.29, 1.82) is 0 Å². The van der Waals surface area contributed by atoms with Gasteiger partial charge in [-0.15, -0.1) is 5.10 Å². The summed E-state index contributed by atoms with van der Waals surface area (Å²) in [5.74, 6) is 0.484. The van der Waals surface area contributed by atoms with Crippen LogP contribution in [0.4, 0.5) is 13.2 Å². The third-order valence-electron chi connectivity index (χ3n) is 6.71. The van der Waals surface area contributed by atoms with Gasteiger partial charge >= 0.3 is 11.9 Å². The first kappa shape index (κ1) is 24.3. The first-order valence-electron chi connectivity index (χ1n) is 11.8. The van der Waals surface area contributed by atoms with E-state index in [2.05, 4.69) is 22.1 Å². The number of fused-ring (bicyclic) bond motifs is 1. The zero-order valence-corrected chi connectivity index (χ0v) is 20.0. The highest BCUT2D eigenvalue weighted by molar-refractivity contribution is 5.58. The Morgan fingerprint density at radius 2 is 2.03 bits per heavy atom. The van der Waals surface area contributed by atoms with Crippen molar-refractivity contribution < 1.29 is 18.3 Å². The summed E-state index contributed by atoms with van der Waals surface area (Å²) in [7, 11) is 0. The molecule has 0 bridgehead atoms. The first-order valence-corrected chi connectivity index (χ1v) is 11.8. The number of aliphatic hydroxyl groups excluding tert-OH is 1. The molecular weight excluding hydrogens is 473 g/mol. The third kappa shape index (κ3) is 4.56. The van der Waals surface area contributed by atoms with E-state index in [4.69, 9.17) is 0 Å². The van der Waals surface area contributed by atoms with Crippen LogP contribution in [-0.4, -0.2) is 47.1 Å². The van der Waals surface area contributed by atoms with Crippen LogP contribution in [0.3, 0.4) is 0 Å². The van der Waals surface area contributed by atoms with Gasteiger partial charge in [-0.3, -0.25) is 13.9 Å². The van der Waals surface area contributed by atoms with Crippen molar-refractivity contribution in [2.45, 2.75) is 45.6 Å². The fourth-order valence-electron chi connectivity index (χ4n) is 4.95. The number of piperidine rings is 1. The molecule has 1 N–H and O–H groups in total. The Hall–Kier alpha value is -3.44. The van der Waals surface area contributed by atoms with Crippen molar-refractivity contribution in [3.8, 4) is 5.69 Å². The number of likely N-dealkylation sites (tertiary alicyclic amines) is 1. The molecule has 5 rings (SSSR count). The molecule has 2 atom stereocenters. The minimum atomic E-state index is -4.63. The number of imidazole rings is 1. The van der Waals surface area contributed by atoms with Crippen LogP contribution < -0.4 is 5.69 Å². The second-order valence-corrected chi connectivity index (χ2v) is 9.57. The number of hydrogen-bond donors (Lipinski definition) is 1. The predicted molar refractivity (Wildman–Crippen MR) is 127 cm³/mol. The van der Waals surface area contributed by atoms with E-state index in [1.165, 1.54) is 27.8 Å². The van der Waals surface area contributed by atoms with Crippen molar-refractivity contribution in [2.75, 3.05) is 13.1 Å². The van der Waals surface area contributed by atoms with Gasteiger partial charge in [0.1, 0.15) is 0 Å². The number of halogens is 3. The van der Waals surface area contributed by atoms with Crippen LogP contribution in [0.1, 0.15) is 48.4 Å². The second-order valence-electron chi connectivity index (χ2n) is 9.57. The van der Waals surface area contributed by atoms with E-state index < -0.39 is 23.7 Å². The summed E-state index contributed by atoms with van der Waals surface area (Å²) in [5.41, 5.74) is 0.126. The molecule has 8 nitrogen and oxygen atoms in total. The fourth-order valence-corrected chi connectivity index (χ4v) is 4.95. The SMILES string of the molecule is Cc1cnnn1[C@@H](O)c1cccc(-n2cc3c(C(F)(F)F)cc(CN4CCC[C@H](C)C4)cn3c2=O)c1. The summed E-state index contributed by atoms with van der Waals surface area (Å²) >= 11 is 0. The minimum Gasteiger partial charge on any atom is -0.368 e. The number of aliphatic hydroxyl groups is 1. The highest BCUT2D eigenvalue weighted by Gasteiger charge is 2.35. The summed E-state index contributed by atoms with van der Waals surface area (Å²) < 4.78 is 45.7. The van der Waals surface area contributed by atoms with Gasteiger partial charge in [0, 0.05) is 31.0 Å². The van der Waals surface area contributed by atoms with Crippen LogP contribution >= 0.6 is 0 Å². The van der Waals surface area contributed by atoms with Crippen molar-refractivity contribution in [3.05, 3.63) is 81.8 Å². The maximum Gasteiger partial charge on any atom is 0.418 e. The molecule has 0 aliphatic carbocycles. The van der Waals surface area contributed by atoms with E-state index in [1.54, 1.807) is 31.2 Å². The van der Waals surface area contributed by atoms with E-state index in [0.717, 1.165) is 36.4 Å². The number of aryl methyl sites for hydroxylation is 1. The van der Waals surface area contributed by atoms with Gasteiger partial charge in [-0.1, -0.05) is 24.3 Å². The molecule has 1 saturated heterocycles. The van der Waals surface area contributed by atoms with Crippen molar-refractivity contribution in [3.63, 3.8) is 0 Å². The van der Waals surface area contributed by atoms with E-state index >= 15 is 0 Å². The Kier molecular flexibility index (Phi) is 6.21. The summed E-state index contributed by atoms with van der Waals surface area (Å²) in [6.45, 7) is 5.85. The number of hydrogen-bond acceptors (Lipinski definition) is 5. The molecule has 1 aliphatic heterocycles.